The van der Waals surface area contributed by atoms with Gasteiger partial charge in [-0.15, -0.1) is 0 Å². The first-order chi connectivity index (χ1) is 7.29. The van der Waals surface area contributed by atoms with Gasteiger partial charge in [-0.05, 0) is 37.8 Å². The Hall–Kier alpha value is -1.31. The molecule has 15 heavy (non-hydrogen) atoms. The van der Waals surface area contributed by atoms with Crippen LogP contribution in [-0.4, -0.2) is 12.8 Å². The first kappa shape index (κ1) is 10.2. The second kappa shape index (κ2) is 4.47. The average Bonchev–Trinajstić information content (AvgIpc) is 3.10. The fourth-order valence-corrected chi connectivity index (χ4v) is 1.67. The predicted molar refractivity (Wildman–Crippen MR) is 64.8 cm³/mol. The Kier molecular flexibility index (Phi) is 3.05. The standard InChI is InChI=1S/C13H18N2/c1-10(11-6-7-11)9-15-13-5-3-4-12(8-13)14-2/h3-4,8-9,11,14H,5-7H2,1-2H3/b10-9+,15-13+. The molecule has 2 aliphatic rings. The lowest BCUT2D eigenvalue weighted by molar-refractivity contribution is 0.995. The molecule has 2 aliphatic carbocycles. The highest BCUT2D eigenvalue weighted by molar-refractivity contribution is 5.98. The number of hydrogen-bond donors (Lipinski definition) is 1. The Morgan fingerprint density at radius 1 is 1.53 bits per heavy atom. The molecule has 1 N–H and O–H groups in total. The molecule has 80 valence electrons. The predicted octanol–water partition coefficient (Wildman–Crippen LogP) is 2.80. The van der Waals surface area contributed by atoms with Crippen molar-refractivity contribution < 1.29 is 0 Å². The zero-order valence-corrected chi connectivity index (χ0v) is 9.46. The second-order valence-corrected chi connectivity index (χ2v) is 4.22. The summed E-state index contributed by atoms with van der Waals surface area (Å²) in [5.74, 6) is 0.821. The van der Waals surface area contributed by atoms with E-state index in [1.165, 1.54) is 18.4 Å². The Balaban J connectivity index is 2.04. The summed E-state index contributed by atoms with van der Waals surface area (Å²) < 4.78 is 0. The van der Waals surface area contributed by atoms with Crippen molar-refractivity contribution in [2.45, 2.75) is 26.2 Å². The zero-order chi connectivity index (χ0) is 10.7. The molecule has 0 amide bonds. The summed E-state index contributed by atoms with van der Waals surface area (Å²) in [4.78, 5) is 4.53. The molecule has 0 radical (unpaired) electrons. The van der Waals surface area contributed by atoms with Gasteiger partial charge in [-0.25, -0.2) is 0 Å². The van der Waals surface area contributed by atoms with Gasteiger partial charge in [0.05, 0.1) is 0 Å². The zero-order valence-electron chi connectivity index (χ0n) is 9.46. The number of rotatable bonds is 3. The highest BCUT2D eigenvalue weighted by atomic mass is 14.8. The van der Waals surface area contributed by atoms with Gasteiger partial charge in [0.2, 0.25) is 0 Å². The first-order valence-electron chi connectivity index (χ1n) is 5.59. The molecule has 1 saturated carbocycles. The summed E-state index contributed by atoms with van der Waals surface area (Å²) in [7, 11) is 1.93. The van der Waals surface area contributed by atoms with E-state index in [1.807, 2.05) is 13.2 Å². The van der Waals surface area contributed by atoms with Crippen LogP contribution in [0.5, 0.6) is 0 Å². The number of likely N-dealkylation sites (N-methyl/N-ethyl adjacent to an activating group) is 1. The highest BCUT2D eigenvalue weighted by Crippen LogP contribution is 2.35. The van der Waals surface area contributed by atoms with Crippen LogP contribution in [0.3, 0.4) is 0 Å². The maximum atomic E-state index is 4.53. The summed E-state index contributed by atoms with van der Waals surface area (Å²) in [6.07, 6.45) is 12.0. The fourth-order valence-electron chi connectivity index (χ4n) is 1.67. The maximum Gasteiger partial charge on any atom is 0.0461 e. The molecule has 0 atom stereocenters. The summed E-state index contributed by atoms with van der Waals surface area (Å²) in [6, 6.07) is 0. The van der Waals surface area contributed by atoms with Crippen LogP contribution in [0, 0.1) is 5.92 Å². The van der Waals surface area contributed by atoms with Crippen molar-refractivity contribution in [3.05, 3.63) is 35.7 Å². The molecule has 2 rings (SSSR count). The van der Waals surface area contributed by atoms with Gasteiger partial charge < -0.3 is 5.32 Å². The van der Waals surface area contributed by atoms with Crippen LogP contribution in [0.15, 0.2) is 40.7 Å². The van der Waals surface area contributed by atoms with Crippen LogP contribution in [-0.2, 0) is 0 Å². The number of nitrogens with one attached hydrogen (secondary N) is 1. The molecule has 0 unspecified atom stereocenters. The van der Waals surface area contributed by atoms with E-state index >= 15 is 0 Å². The summed E-state index contributed by atoms with van der Waals surface area (Å²) in [5.41, 5.74) is 3.70. The van der Waals surface area contributed by atoms with Crippen LogP contribution >= 0.6 is 0 Å². The van der Waals surface area contributed by atoms with Crippen molar-refractivity contribution in [2.75, 3.05) is 7.05 Å². The third-order valence-electron chi connectivity index (χ3n) is 2.89. The first-order valence-corrected chi connectivity index (χ1v) is 5.59. The molecule has 0 aromatic carbocycles. The van der Waals surface area contributed by atoms with Crippen LogP contribution in [0.25, 0.3) is 0 Å². The Morgan fingerprint density at radius 2 is 2.33 bits per heavy atom. The minimum atomic E-state index is 0.821. The van der Waals surface area contributed by atoms with Gasteiger partial charge in [0.1, 0.15) is 0 Å². The van der Waals surface area contributed by atoms with Gasteiger partial charge in [-0.3, -0.25) is 4.99 Å². The number of hydrogen-bond acceptors (Lipinski definition) is 2. The van der Waals surface area contributed by atoms with E-state index in [0.29, 0.717) is 0 Å². The van der Waals surface area contributed by atoms with Gasteiger partial charge >= 0.3 is 0 Å². The third-order valence-corrected chi connectivity index (χ3v) is 2.89. The van der Waals surface area contributed by atoms with Crippen molar-refractivity contribution >= 4 is 5.71 Å². The number of allylic oxidation sites excluding steroid dienone is 4. The maximum absolute atomic E-state index is 4.53. The molecule has 0 saturated heterocycles. The molecule has 0 spiro atoms. The van der Waals surface area contributed by atoms with Crippen molar-refractivity contribution in [2.24, 2.45) is 10.9 Å². The van der Waals surface area contributed by atoms with Gasteiger partial charge in [0.15, 0.2) is 0 Å². The normalized spacial score (nSPS) is 24.3. The average molecular weight is 202 g/mol. The lowest BCUT2D eigenvalue weighted by atomic mass is 10.1. The highest BCUT2D eigenvalue weighted by Gasteiger charge is 2.22. The molecule has 0 aromatic heterocycles. The minimum Gasteiger partial charge on any atom is -0.388 e. The molecule has 2 heteroatoms. The van der Waals surface area contributed by atoms with Gasteiger partial charge in [-0.1, -0.05) is 11.6 Å². The second-order valence-electron chi connectivity index (χ2n) is 4.22. The third kappa shape index (κ3) is 2.82. The molecule has 0 bridgehead atoms. The lowest BCUT2D eigenvalue weighted by Gasteiger charge is -2.07. The van der Waals surface area contributed by atoms with Crippen LogP contribution in [0.2, 0.25) is 0 Å². The molecular formula is C13H18N2. The molecule has 2 nitrogen and oxygen atoms in total. The summed E-state index contributed by atoms with van der Waals surface area (Å²) >= 11 is 0. The quantitative estimate of drug-likeness (QED) is 0.747. The molecule has 0 heterocycles. The fraction of sp³-hybridized carbons (Fsp3) is 0.462. The smallest absolute Gasteiger partial charge is 0.0461 e. The van der Waals surface area contributed by atoms with Crippen molar-refractivity contribution in [1.29, 1.82) is 0 Å². The van der Waals surface area contributed by atoms with Crippen molar-refractivity contribution in [3.8, 4) is 0 Å². The van der Waals surface area contributed by atoms with E-state index in [0.717, 1.165) is 23.7 Å². The molecular weight excluding hydrogens is 184 g/mol. The van der Waals surface area contributed by atoms with Crippen LogP contribution in [0.4, 0.5) is 0 Å². The largest absolute Gasteiger partial charge is 0.388 e. The van der Waals surface area contributed by atoms with E-state index in [-0.39, 0.29) is 0 Å². The molecule has 0 aliphatic heterocycles. The van der Waals surface area contributed by atoms with E-state index in [9.17, 15) is 0 Å². The summed E-state index contributed by atoms with van der Waals surface area (Å²) in [5, 5.41) is 3.13. The number of aliphatic imine (C=N–C) groups is 1. The van der Waals surface area contributed by atoms with Gasteiger partial charge in [0, 0.05) is 31.1 Å². The van der Waals surface area contributed by atoms with Gasteiger partial charge in [-0.2, -0.15) is 0 Å². The van der Waals surface area contributed by atoms with Crippen molar-refractivity contribution in [3.63, 3.8) is 0 Å². The van der Waals surface area contributed by atoms with E-state index in [1.54, 1.807) is 0 Å². The van der Waals surface area contributed by atoms with Crippen LogP contribution in [0.1, 0.15) is 26.2 Å². The topological polar surface area (TPSA) is 24.4 Å². The van der Waals surface area contributed by atoms with Crippen LogP contribution < -0.4 is 5.32 Å². The van der Waals surface area contributed by atoms with E-state index < -0.39 is 0 Å². The SMILES string of the molecule is CNC1=C/C(=N/C=C(\C)C2CC2)CC=C1. The van der Waals surface area contributed by atoms with E-state index in [4.69, 9.17) is 0 Å². The van der Waals surface area contributed by atoms with Crippen molar-refractivity contribution in [1.82, 2.24) is 5.32 Å². The Labute approximate surface area is 91.5 Å². The Bertz CT molecular complexity index is 355. The monoisotopic (exact) mass is 202 g/mol. The lowest BCUT2D eigenvalue weighted by Crippen LogP contribution is -2.09. The molecule has 1 fully saturated rings. The number of nitrogens with zero attached hydrogens (tertiary/aromatic N) is 1. The van der Waals surface area contributed by atoms with Gasteiger partial charge in [0.25, 0.3) is 0 Å². The minimum absolute atomic E-state index is 0.821. The summed E-state index contributed by atoms with van der Waals surface area (Å²) in [6.45, 7) is 2.18. The Morgan fingerprint density at radius 3 is 3.00 bits per heavy atom. The van der Waals surface area contributed by atoms with E-state index in [2.05, 4.69) is 35.5 Å². The molecule has 0 aromatic rings.